The number of fused-ring (bicyclic) bond motifs is 5. The summed E-state index contributed by atoms with van der Waals surface area (Å²) in [4.78, 5) is 24.6. The van der Waals surface area contributed by atoms with E-state index in [9.17, 15) is 9.59 Å². The minimum Gasteiger partial charge on any atom is -0.451 e. The van der Waals surface area contributed by atoms with Crippen LogP contribution in [0.25, 0.3) is 0 Å². The lowest BCUT2D eigenvalue weighted by atomic mass is 9.47. The van der Waals surface area contributed by atoms with E-state index in [0.29, 0.717) is 23.7 Å². The van der Waals surface area contributed by atoms with Gasteiger partial charge < -0.3 is 4.74 Å². The standard InChI is InChI=1S/C21H27Cl3O3/c1-19-8-3-4-14(19)13-6-5-12-10-16(25)17(27-18(26)21(22,23)24)11-20(12,2)15(13)7-9-19/h10,13-15,17H,3-9,11H2,1-2H3/t13-,14-,15-,17?,19-,20-/m0/s1. The Labute approximate surface area is 176 Å². The van der Waals surface area contributed by atoms with Gasteiger partial charge in [0.25, 0.3) is 3.79 Å². The number of hydrogen-bond acceptors (Lipinski definition) is 3. The average molecular weight is 434 g/mol. The highest BCUT2D eigenvalue weighted by atomic mass is 35.6. The zero-order valence-corrected chi connectivity index (χ0v) is 18.2. The van der Waals surface area contributed by atoms with Gasteiger partial charge in [0.05, 0.1) is 0 Å². The molecule has 4 rings (SSSR count). The van der Waals surface area contributed by atoms with Crippen LogP contribution in [0.1, 0.15) is 65.2 Å². The van der Waals surface area contributed by atoms with Gasteiger partial charge in [-0.2, -0.15) is 0 Å². The Morgan fingerprint density at radius 3 is 2.59 bits per heavy atom. The van der Waals surface area contributed by atoms with Crippen LogP contribution in [-0.4, -0.2) is 21.6 Å². The van der Waals surface area contributed by atoms with E-state index in [1.165, 1.54) is 44.1 Å². The van der Waals surface area contributed by atoms with Crippen molar-refractivity contribution in [2.24, 2.45) is 28.6 Å². The van der Waals surface area contributed by atoms with Crippen molar-refractivity contribution in [1.29, 1.82) is 0 Å². The average Bonchev–Trinajstić information content (AvgIpc) is 2.97. The molecule has 4 aliphatic carbocycles. The fourth-order valence-electron chi connectivity index (χ4n) is 6.89. The molecule has 0 aliphatic heterocycles. The smallest absolute Gasteiger partial charge is 0.359 e. The van der Waals surface area contributed by atoms with Crippen LogP contribution < -0.4 is 0 Å². The SMILES string of the molecule is C[C@@]12CCC[C@H]1[C@@H]1CCC3=CC(=O)C(OC(=O)C(Cl)(Cl)Cl)C[C@]3(C)[C@H]1CC2. The van der Waals surface area contributed by atoms with E-state index in [2.05, 4.69) is 13.8 Å². The van der Waals surface area contributed by atoms with E-state index in [4.69, 9.17) is 39.5 Å². The highest BCUT2D eigenvalue weighted by Crippen LogP contribution is 2.65. The van der Waals surface area contributed by atoms with Gasteiger partial charge in [0, 0.05) is 6.42 Å². The second-order valence-electron chi connectivity index (χ2n) is 9.59. The number of halogens is 3. The van der Waals surface area contributed by atoms with Crippen LogP contribution in [0.2, 0.25) is 0 Å². The summed E-state index contributed by atoms with van der Waals surface area (Å²) < 4.78 is 3.18. The lowest BCUT2D eigenvalue weighted by Crippen LogP contribution is -2.52. The molecule has 6 heteroatoms. The van der Waals surface area contributed by atoms with Gasteiger partial charge in [-0.15, -0.1) is 0 Å². The predicted octanol–water partition coefficient (Wildman–Crippen LogP) is 5.80. The quantitative estimate of drug-likeness (QED) is 0.387. The fraction of sp³-hybridized carbons (Fsp3) is 0.810. The van der Waals surface area contributed by atoms with E-state index in [1.54, 1.807) is 6.08 Å². The van der Waals surface area contributed by atoms with Crippen LogP contribution in [-0.2, 0) is 14.3 Å². The predicted molar refractivity (Wildman–Crippen MR) is 107 cm³/mol. The molecule has 27 heavy (non-hydrogen) atoms. The van der Waals surface area contributed by atoms with Gasteiger partial charge >= 0.3 is 5.97 Å². The highest BCUT2D eigenvalue weighted by molar-refractivity contribution is 6.75. The summed E-state index contributed by atoms with van der Waals surface area (Å²) in [5, 5.41) is 0. The van der Waals surface area contributed by atoms with Crippen molar-refractivity contribution in [3.8, 4) is 0 Å². The molecule has 0 heterocycles. The normalized spacial score (nSPS) is 44.0. The van der Waals surface area contributed by atoms with E-state index >= 15 is 0 Å². The number of carbonyl (C=O) groups is 2. The summed E-state index contributed by atoms with van der Waals surface area (Å²) in [6, 6.07) is 0. The monoisotopic (exact) mass is 432 g/mol. The van der Waals surface area contributed by atoms with Crippen LogP contribution in [0.5, 0.6) is 0 Å². The Bertz CT molecular complexity index is 697. The summed E-state index contributed by atoms with van der Waals surface area (Å²) in [6.45, 7) is 4.74. The number of ketones is 1. The molecule has 6 atom stereocenters. The van der Waals surface area contributed by atoms with E-state index in [-0.39, 0.29) is 11.2 Å². The lowest BCUT2D eigenvalue weighted by molar-refractivity contribution is -0.157. The Morgan fingerprint density at radius 1 is 1.15 bits per heavy atom. The Balaban J connectivity index is 1.60. The van der Waals surface area contributed by atoms with Crippen molar-refractivity contribution >= 4 is 46.6 Å². The minimum atomic E-state index is -2.16. The molecule has 0 saturated heterocycles. The number of carbonyl (C=O) groups excluding carboxylic acids is 2. The zero-order valence-electron chi connectivity index (χ0n) is 15.9. The van der Waals surface area contributed by atoms with Gasteiger partial charge in [-0.3, -0.25) is 4.79 Å². The minimum absolute atomic E-state index is 0.112. The van der Waals surface area contributed by atoms with Gasteiger partial charge in [-0.25, -0.2) is 4.79 Å². The van der Waals surface area contributed by atoms with Crippen molar-refractivity contribution in [3.05, 3.63) is 11.6 Å². The number of esters is 1. The molecule has 0 aromatic carbocycles. The third kappa shape index (κ3) is 3.26. The van der Waals surface area contributed by atoms with Crippen LogP contribution in [0.15, 0.2) is 11.6 Å². The Morgan fingerprint density at radius 2 is 1.89 bits per heavy atom. The van der Waals surface area contributed by atoms with E-state index in [0.717, 1.165) is 12.3 Å². The van der Waals surface area contributed by atoms with Gasteiger partial charge in [0.1, 0.15) is 0 Å². The molecule has 0 aromatic rings. The number of rotatable bonds is 1. The van der Waals surface area contributed by atoms with Crippen molar-refractivity contribution in [2.45, 2.75) is 75.1 Å². The molecule has 0 amide bonds. The first-order chi connectivity index (χ1) is 12.5. The van der Waals surface area contributed by atoms with E-state index in [1.807, 2.05) is 0 Å². The maximum Gasteiger partial charge on any atom is 0.359 e. The van der Waals surface area contributed by atoms with Crippen LogP contribution in [0, 0.1) is 28.6 Å². The zero-order chi connectivity index (χ0) is 19.6. The second kappa shape index (κ2) is 6.64. The van der Waals surface area contributed by atoms with Crippen molar-refractivity contribution in [1.82, 2.24) is 0 Å². The third-order valence-corrected chi connectivity index (χ3v) is 8.70. The van der Waals surface area contributed by atoms with Gasteiger partial charge in [-0.05, 0) is 73.2 Å². The van der Waals surface area contributed by atoms with Gasteiger partial charge in [0.2, 0.25) is 0 Å². The fourth-order valence-corrected chi connectivity index (χ4v) is 7.02. The van der Waals surface area contributed by atoms with Crippen LogP contribution in [0.4, 0.5) is 0 Å². The molecule has 3 fully saturated rings. The molecular formula is C21H27Cl3O3. The summed E-state index contributed by atoms with van der Waals surface area (Å²) >= 11 is 16.9. The van der Waals surface area contributed by atoms with Crippen molar-refractivity contribution in [3.63, 3.8) is 0 Å². The van der Waals surface area contributed by atoms with Gasteiger partial charge in [0.15, 0.2) is 11.9 Å². The summed E-state index contributed by atoms with van der Waals surface area (Å²) in [5.41, 5.74) is 1.61. The molecule has 0 N–H and O–H groups in total. The first-order valence-electron chi connectivity index (χ1n) is 10.1. The first kappa shape index (κ1) is 20.0. The maximum atomic E-state index is 12.6. The maximum absolute atomic E-state index is 12.6. The van der Waals surface area contributed by atoms with Crippen molar-refractivity contribution < 1.29 is 14.3 Å². The summed E-state index contributed by atoms with van der Waals surface area (Å²) in [7, 11) is 0. The summed E-state index contributed by atoms with van der Waals surface area (Å²) in [6.07, 6.45) is 9.99. The molecule has 3 nitrogen and oxygen atoms in total. The van der Waals surface area contributed by atoms with E-state index < -0.39 is 15.9 Å². The number of hydrogen-bond donors (Lipinski definition) is 0. The molecule has 0 spiro atoms. The highest BCUT2D eigenvalue weighted by Gasteiger charge is 2.57. The number of alkyl halides is 3. The van der Waals surface area contributed by atoms with Crippen LogP contribution >= 0.6 is 34.8 Å². The largest absolute Gasteiger partial charge is 0.451 e. The molecule has 0 bridgehead atoms. The molecule has 4 aliphatic rings. The first-order valence-corrected chi connectivity index (χ1v) is 11.2. The molecular weight excluding hydrogens is 407 g/mol. The molecule has 0 radical (unpaired) electrons. The topological polar surface area (TPSA) is 43.4 Å². The second-order valence-corrected chi connectivity index (χ2v) is 11.9. The molecule has 150 valence electrons. The van der Waals surface area contributed by atoms with Crippen LogP contribution in [0.3, 0.4) is 0 Å². The van der Waals surface area contributed by atoms with Gasteiger partial charge in [-0.1, -0.05) is 60.6 Å². The molecule has 3 saturated carbocycles. The molecule has 0 aromatic heterocycles. The molecule has 1 unspecified atom stereocenters. The summed E-state index contributed by atoms with van der Waals surface area (Å²) in [5.74, 6) is 0.881. The number of allylic oxidation sites excluding steroid dienone is 1. The lowest BCUT2D eigenvalue weighted by Gasteiger charge is -2.57. The number of ether oxygens (including phenoxy) is 1. The Hall–Kier alpha value is -0.250. The van der Waals surface area contributed by atoms with Crippen molar-refractivity contribution in [2.75, 3.05) is 0 Å². The Kier molecular flexibility index (Phi) is 4.93. The third-order valence-electron chi connectivity index (χ3n) is 8.24.